The van der Waals surface area contributed by atoms with E-state index in [9.17, 15) is 4.79 Å². The van der Waals surface area contributed by atoms with Crippen LogP contribution in [0.15, 0.2) is 0 Å². The molecule has 0 saturated heterocycles. The molecule has 0 radical (unpaired) electrons. The molecule has 0 heterocycles. The van der Waals surface area contributed by atoms with Gasteiger partial charge in [0.2, 0.25) is 0 Å². The zero-order valence-corrected chi connectivity index (χ0v) is 10.5. The fourth-order valence-electron chi connectivity index (χ4n) is 0.897. The standard InChI is InChI=1S/C11H23NO3/c1-11(2,3)15-10(13)6-8-14-9-7-12(4)5/h6-9H2,1-5H3. The zero-order chi connectivity index (χ0) is 11.9. The second kappa shape index (κ2) is 6.80. The van der Waals surface area contributed by atoms with Crippen molar-refractivity contribution in [1.29, 1.82) is 0 Å². The van der Waals surface area contributed by atoms with E-state index in [0.717, 1.165) is 6.54 Å². The predicted molar refractivity (Wildman–Crippen MR) is 59.8 cm³/mol. The molecule has 0 aromatic rings. The van der Waals surface area contributed by atoms with Crippen molar-refractivity contribution in [3.05, 3.63) is 0 Å². The molecule has 0 saturated carbocycles. The Kier molecular flexibility index (Phi) is 6.52. The first-order valence-electron chi connectivity index (χ1n) is 5.25. The second-order valence-electron chi connectivity index (χ2n) is 4.75. The smallest absolute Gasteiger partial charge is 0.308 e. The summed E-state index contributed by atoms with van der Waals surface area (Å²) in [4.78, 5) is 13.3. The molecule has 0 atom stereocenters. The molecule has 0 spiro atoms. The SMILES string of the molecule is CN(C)CCOCCC(=O)OC(C)(C)C. The normalized spacial score (nSPS) is 11.9. The third-order valence-corrected chi connectivity index (χ3v) is 1.55. The molecule has 0 bridgehead atoms. The molecular formula is C11H23NO3. The molecule has 90 valence electrons. The Balaban J connectivity index is 3.40. The molecule has 0 fully saturated rings. The van der Waals surface area contributed by atoms with E-state index >= 15 is 0 Å². The number of nitrogens with zero attached hydrogens (tertiary/aromatic N) is 1. The number of hydrogen-bond donors (Lipinski definition) is 0. The lowest BCUT2D eigenvalue weighted by Gasteiger charge is -2.19. The van der Waals surface area contributed by atoms with Crippen LogP contribution in [0.25, 0.3) is 0 Å². The van der Waals surface area contributed by atoms with Gasteiger partial charge in [-0.15, -0.1) is 0 Å². The Hall–Kier alpha value is -0.610. The average molecular weight is 217 g/mol. The highest BCUT2D eigenvalue weighted by Crippen LogP contribution is 2.07. The van der Waals surface area contributed by atoms with E-state index in [-0.39, 0.29) is 5.97 Å². The maximum absolute atomic E-state index is 11.2. The Morgan fingerprint density at radius 3 is 2.27 bits per heavy atom. The Bertz CT molecular complexity index is 185. The first kappa shape index (κ1) is 14.4. The summed E-state index contributed by atoms with van der Waals surface area (Å²) >= 11 is 0. The maximum Gasteiger partial charge on any atom is 0.308 e. The minimum Gasteiger partial charge on any atom is -0.460 e. The van der Waals surface area contributed by atoms with Crippen molar-refractivity contribution < 1.29 is 14.3 Å². The summed E-state index contributed by atoms with van der Waals surface area (Å²) in [5.41, 5.74) is -0.402. The lowest BCUT2D eigenvalue weighted by atomic mass is 10.2. The molecule has 4 nitrogen and oxygen atoms in total. The van der Waals surface area contributed by atoms with E-state index in [2.05, 4.69) is 0 Å². The van der Waals surface area contributed by atoms with Gasteiger partial charge in [0.25, 0.3) is 0 Å². The van der Waals surface area contributed by atoms with E-state index in [1.165, 1.54) is 0 Å². The van der Waals surface area contributed by atoms with Crippen molar-refractivity contribution in [2.75, 3.05) is 33.9 Å². The van der Waals surface area contributed by atoms with E-state index in [4.69, 9.17) is 9.47 Å². The molecule has 4 heteroatoms. The van der Waals surface area contributed by atoms with Crippen LogP contribution in [0.1, 0.15) is 27.2 Å². The first-order chi connectivity index (χ1) is 6.81. The molecule has 15 heavy (non-hydrogen) atoms. The molecule has 0 aromatic heterocycles. The van der Waals surface area contributed by atoms with Crippen LogP contribution in [-0.4, -0.2) is 50.3 Å². The number of carbonyl (C=O) groups excluding carboxylic acids is 1. The van der Waals surface area contributed by atoms with E-state index in [1.807, 2.05) is 39.8 Å². The van der Waals surface area contributed by atoms with Crippen molar-refractivity contribution in [2.45, 2.75) is 32.8 Å². The number of carbonyl (C=O) groups is 1. The summed E-state index contributed by atoms with van der Waals surface area (Å²) < 4.78 is 10.4. The molecule has 0 aliphatic heterocycles. The summed E-state index contributed by atoms with van der Waals surface area (Å²) in [6.45, 7) is 7.53. The molecule has 0 amide bonds. The van der Waals surface area contributed by atoms with E-state index < -0.39 is 5.60 Å². The number of rotatable bonds is 6. The van der Waals surface area contributed by atoms with Crippen LogP contribution in [0.3, 0.4) is 0 Å². The number of hydrogen-bond acceptors (Lipinski definition) is 4. The van der Waals surface area contributed by atoms with Gasteiger partial charge in [0.05, 0.1) is 19.6 Å². The van der Waals surface area contributed by atoms with E-state index in [1.54, 1.807) is 0 Å². The Labute approximate surface area is 92.5 Å². The summed E-state index contributed by atoms with van der Waals surface area (Å²) in [6.07, 6.45) is 0.324. The van der Waals surface area contributed by atoms with Gasteiger partial charge >= 0.3 is 5.97 Å². The van der Waals surface area contributed by atoms with Crippen molar-refractivity contribution in [3.63, 3.8) is 0 Å². The molecule has 0 rings (SSSR count). The summed E-state index contributed by atoms with van der Waals surface area (Å²) in [5.74, 6) is -0.202. The molecule has 0 unspecified atom stereocenters. The third-order valence-electron chi connectivity index (χ3n) is 1.55. The number of esters is 1. The molecular weight excluding hydrogens is 194 g/mol. The van der Waals surface area contributed by atoms with Crippen LogP contribution < -0.4 is 0 Å². The van der Waals surface area contributed by atoms with Crippen LogP contribution in [-0.2, 0) is 14.3 Å². The van der Waals surface area contributed by atoms with Gasteiger partial charge in [0.15, 0.2) is 0 Å². The molecule has 0 N–H and O–H groups in total. The van der Waals surface area contributed by atoms with Crippen LogP contribution in [0.2, 0.25) is 0 Å². The topological polar surface area (TPSA) is 38.8 Å². The maximum atomic E-state index is 11.2. The number of likely N-dealkylation sites (N-methyl/N-ethyl adjacent to an activating group) is 1. The van der Waals surface area contributed by atoms with Crippen LogP contribution in [0.4, 0.5) is 0 Å². The zero-order valence-electron chi connectivity index (χ0n) is 10.5. The van der Waals surface area contributed by atoms with Gasteiger partial charge in [-0.25, -0.2) is 0 Å². The minimum atomic E-state index is -0.402. The fourth-order valence-corrected chi connectivity index (χ4v) is 0.897. The van der Waals surface area contributed by atoms with Gasteiger partial charge in [-0.1, -0.05) is 0 Å². The van der Waals surface area contributed by atoms with Crippen molar-refractivity contribution in [2.24, 2.45) is 0 Å². The largest absolute Gasteiger partial charge is 0.460 e. The van der Waals surface area contributed by atoms with Crippen molar-refractivity contribution in [3.8, 4) is 0 Å². The summed E-state index contributed by atoms with van der Waals surface area (Å²) in [7, 11) is 3.97. The lowest BCUT2D eigenvalue weighted by molar-refractivity contribution is -0.156. The van der Waals surface area contributed by atoms with Crippen molar-refractivity contribution >= 4 is 5.97 Å². The van der Waals surface area contributed by atoms with Gasteiger partial charge in [0, 0.05) is 6.54 Å². The quantitative estimate of drug-likeness (QED) is 0.496. The van der Waals surface area contributed by atoms with Gasteiger partial charge in [-0.2, -0.15) is 0 Å². The second-order valence-corrected chi connectivity index (χ2v) is 4.75. The monoisotopic (exact) mass is 217 g/mol. The minimum absolute atomic E-state index is 0.202. The third kappa shape index (κ3) is 11.3. The lowest BCUT2D eigenvalue weighted by Crippen LogP contribution is -2.25. The Morgan fingerprint density at radius 1 is 1.20 bits per heavy atom. The first-order valence-corrected chi connectivity index (χ1v) is 5.25. The van der Waals surface area contributed by atoms with Gasteiger partial charge in [-0.3, -0.25) is 4.79 Å². The molecule has 0 aliphatic rings. The highest BCUT2D eigenvalue weighted by molar-refractivity contribution is 5.69. The number of ether oxygens (including phenoxy) is 2. The van der Waals surface area contributed by atoms with Crippen molar-refractivity contribution in [1.82, 2.24) is 4.90 Å². The average Bonchev–Trinajstić information content (AvgIpc) is 1.99. The van der Waals surface area contributed by atoms with Gasteiger partial charge in [-0.05, 0) is 34.9 Å². The van der Waals surface area contributed by atoms with Crippen LogP contribution in [0, 0.1) is 0 Å². The van der Waals surface area contributed by atoms with E-state index in [0.29, 0.717) is 19.6 Å². The highest BCUT2D eigenvalue weighted by Gasteiger charge is 2.15. The highest BCUT2D eigenvalue weighted by atomic mass is 16.6. The summed E-state index contributed by atoms with van der Waals surface area (Å²) in [6, 6.07) is 0. The summed E-state index contributed by atoms with van der Waals surface area (Å²) in [5, 5.41) is 0. The fraction of sp³-hybridized carbons (Fsp3) is 0.909. The molecule has 0 aromatic carbocycles. The Morgan fingerprint density at radius 2 is 1.80 bits per heavy atom. The van der Waals surface area contributed by atoms with Crippen LogP contribution >= 0.6 is 0 Å². The van der Waals surface area contributed by atoms with Gasteiger partial charge in [0.1, 0.15) is 5.60 Å². The van der Waals surface area contributed by atoms with Crippen LogP contribution in [0.5, 0.6) is 0 Å². The van der Waals surface area contributed by atoms with Gasteiger partial charge < -0.3 is 14.4 Å². The predicted octanol–water partition coefficient (Wildman–Crippen LogP) is 1.30. The molecule has 0 aliphatic carbocycles.